The van der Waals surface area contributed by atoms with Gasteiger partial charge in [-0.05, 0) is 30.7 Å². The highest BCUT2D eigenvalue weighted by Gasteiger charge is 2.33. The summed E-state index contributed by atoms with van der Waals surface area (Å²) in [5.41, 5.74) is 3.13. The van der Waals surface area contributed by atoms with Crippen LogP contribution in [0.2, 0.25) is 0 Å². The number of ether oxygens (including phenoxy) is 1. The minimum Gasteiger partial charge on any atom is -0.369 e. The lowest BCUT2D eigenvalue weighted by atomic mass is 10.0. The predicted octanol–water partition coefficient (Wildman–Crippen LogP) is 4.31. The summed E-state index contributed by atoms with van der Waals surface area (Å²) in [5.74, 6) is 0. The van der Waals surface area contributed by atoms with Gasteiger partial charge in [-0.15, -0.1) is 0 Å². The van der Waals surface area contributed by atoms with E-state index in [1.54, 1.807) is 12.1 Å². The van der Waals surface area contributed by atoms with Gasteiger partial charge in [0.05, 0.1) is 23.6 Å². The number of hydrogen-bond donors (Lipinski definition) is 0. The molecule has 3 aromatic rings. The molecule has 0 N–H and O–H groups in total. The summed E-state index contributed by atoms with van der Waals surface area (Å²) in [6, 6.07) is 11.1. The molecule has 0 bridgehead atoms. The summed E-state index contributed by atoms with van der Waals surface area (Å²) in [6.07, 6.45) is -2.46. The maximum absolute atomic E-state index is 13.3. The summed E-state index contributed by atoms with van der Waals surface area (Å²) in [4.78, 5) is 6.94. The van der Waals surface area contributed by atoms with Crippen LogP contribution in [-0.2, 0) is 30.9 Å². The number of rotatable bonds is 5. The number of nitrogens with zero attached hydrogens (tertiary/aromatic N) is 4. The van der Waals surface area contributed by atoms with Crippen molar-refractivity contribution in [3.63, 3.8) is 0 Å². The average molecular weight is 430 g/mol. The van der Waals surface area contributed by atoms with Crippen molar-refractivity contribution < 1.29 is 17.9 Å². The molecule has 8 heteroatoms. The van der Waals surface area contributed by atoms with Gasteiger partial charge in [0.15, 0.2) is 0 Å². The fourth-order valence-electron chi connectivity index (χ4n) is 3.99. The molecular weight excluding hydrogens is 405 g/mol. The van der Waals surface area contributed by atoms with Crippen molar-refractivity contribution >= 4 is 0 Å². The van der Waals surface area contributed by atoms with Gasteiger partial charge in [-0.3, -0.25) is 14.6 Å². The van der Waals surface area contributed by atoms with E-state index in [2.05, 4.69) is 15.0 Å². The molecule has 5 nitrogen and oxygen atoms in total. The van der Waals surface area contributed by atoms with Crippen LogP contribution in [0.4, 0.5) is 13.2 Å². The second-order valence-corrected chi connectivity index (χ2v) is 7.89. The third-order valence-corrected chi connectivity index (χ3v) is 5.51. The van der Waals surface area contributed by atoms with Gasteiger partial charge in [0.1, 0.15) is 6.10 Å². The van der Waals surface area contributed by atoms with Gasteiger partial charge in [-0.1, -0.05) is 24.3 Å². The number of halogens is 3. The van der Waals surface area contributed by atoms with Gasteiger partial charge in [0.25, 0.3) is 0 Å². The van der Waals surface area contributed by atoms with Gasteiger partial charge in [-0.25, -0.2) is 0 Å². The zero-order valence-electron chi connectivity index (χ0n) is 17.6. The molecule has 1 atom stereocenters. The summed E-state index contributed by atoms with van der Waals surface area (Å²) in [6.45, 7) is 4.83. The van der Waals surface area contributed by atoms with E-state index in [-0.39, 0.29) is 18.1 Å². The quantitative estimate of drug-likeness (QED) is 0.605. The first-order valence-electron chi connectivity index (χ1n) is 10.2. The summed E-state index contributed by atoms with van der Waals surface area (Å²) >= 11 is 0. The molecule has 1 fully saturated rings. The molecule has 0 aliphatic carbocycles. The summed E-state index contributed by atoms with van der Waals surface area (Å²) in [7, 11) is 1.91. The Morgan fingerprint density at radius 2 is 1.90 bits per heavy atom. The van der Waals surface area contributed by atoms with E-state index < -0.39 is 11.7 Å². The summed E-state index contributed by atoms with van der Waals surface area (Å²) < 4.78 is 47.7. The average Bonchev–Trinajstić information content (AvgIpc) is 3.05. The zero-order valence-corrected chi connectivity index (χ0v) is 17.6. The molecule has 0 amide bonds. The monoisotopic (exact) mass is 430 g/mol. The van der Waals surface area contributed by atoms with Gasteiger partial charge >= 0.3 is 6.18 Å². The Morgan fingerprint density at radius 1 is 1.10 bits per heavy atom. The Bertz CT molecular complexity index is 1050. The lowest BCUT2D eigenvalue weighted by Crippen LogP contribution is -2.38. The summed E-state index contributed by atoms with van der Waals surface area (Å²) in [5, 5.41) is 4.40. The van der Waals surface area contributed by atoms with Crippen LogP contribution in [-0.4, -0.2) is 39.4 Å². The van der Waals surface area contributed by atoms with Crippen molar-refractivity contribution in [3.05, 3.63) is 82.4 Å². The number of alkyl halides is 3. The Balaban J connectivity index is 1.49. The second kappa shape index (κ2) is 8.80. The highest BCUT2D eigenvalue weighted by Crippen LogP contribution is 2.33. The van der Waals surface area contributed by atoms with Crippen LogP contribution >= 0.6 is 0 Å². The Morgan fingerprint density at radius 3 is 2.65 bits per heavy atom. The Labute approximate surface area is 179 Å². The fraction of sp³-hybridized carbons (Fsp3) is 0.391. The van der Waals surface area contributed by atoms with Crippen LogP contribution in [0.25, 0.3) is 0 Å². The highest BCUT2D eigenvalue weighted by molar-refractivity contribution is 5.33. The number of hydrogen-bond acceptors (Lipinski definition) is 4. The predicted molar refractivity (Wildman–Crippen MR) is 110 cm³/mol. The minimum absolute atomic E-state index is 0.120. The molecule has 3 heterocycles. The van der Waals surface area contributed by atoms with Crippen molar-refractivity contribution in [2.75, 3.05) is 19.7 Å². The maximum Gasteiger partial charge on any atom is 0.416 e. The molecule has 2 aromatic heterocycles. The SMILES string of the molecule is Cc1nn(C)cc1CN1CCO[C@@H](c2cccc(Cc3ccccc3C(F)(F)F)n2)C1. The second-order valence-electron chi connectivity index (χ2n) is 7.89. The van der Waals surface area contributed by atoms with E-state index >= 15 is 0 Å². The molecule has 31 heavy (non-hydrogen) atoms. The molecule has 0 saturated carbocycles. The number of aromatic nitrogens is 3. The van der Waals surface area contributed by atoms with Crippen molar-refractivity contribution in [3.8, 4) is 0 Å². The molecule has 1 aliphatic rings. The van der Waals surface area contributed by atoms with Crippen molar-refractivity contribution in [2.45, 2.75) is 32.2 Å². The standard InChI is InChI=1S/C23H25F3N4O/c1-16-18(13-29(2)28-16)14-30-10-11-31-22(15-30)21-9-5-7-19(27-21)12-17-6-3-4-8-20(17)23(24,25)26/h3-9,13,22H,10-12,14-15H2,1-2H3/t22-/m1/s1. The number of benzene rings is 1. The third-order valence-electron chi connectivity index (χ3n) is 5.51. The number of aryl methyl sites for hydroxylation is 2. The molecule has 164 valence electrons. The first-order valence-corrected chi connectivity index (χ1v) is 10.2. The first kappa shape index (κ1) is 21.5. The van der Waals surface area contributed by atoms with E-state index in [0.29, 0.717) is 18.8 Å². The van der Waals surface area contributed by atoms with Crippen LogP contribution in [0.3, 0.4) is 0 Å². The molecule has 0 unspecified atom stereocenters. The van der Waals surface area contributed by atoms with Gasteiger partial charge in [0, 0.05) is 50.6 Å². The van der Waals surface area contributed by atoms with E-state index in [0.717, 1.165) is 30.5 Å². The smallest absolute Gasteiger partial charge is 0.369 e. The largest absolute Gasteiger partial charge is 0.416 e. The first-order chi connectivity index (χ1) is 14.8. The molecule has 1 aromatic carbocycles. The van der Waals surface area contributed by atoms with Gasteiger partial charge < -0.3 is 4.74 Å². The molecule has 1 aliphatic heterocycles. The van der Waals surface area contributed by atoms with Gasteiger partial charge in [-0.2, -0.15) is 18.3 Å². The maximum atomic E-state index is 13.3. The van der Waals surface area contributed by atoms with Crippen LogP contribution in [0.15, 0.2) is 48.7 Å². The normalized spacial score (nSPS) is 17.8. The Kier molecular flexibility index (Phi) is 6.11. The number of pyridine rings is 1. The zero-order chi connectivity index (χ0) is 22.0. The van der Waals surface area contributed by atoms with E-state index in [4.69, 9.17) is 4.74 Å². The van der Waals surface area contributed by atoms with Crippen molar-refractivity contribution in [1.29, 1.82) is 0 Å². The molecule has 1 saturated heterocycles. The van der Waals surface area contributed by atoms with E-state index in [1.807, 2.05) is 37.0 Å². The minimum atomic E-state index is -4.38. The van der Waals surface area contributed by atoms with Crippen molar-refractivity contribution in [2.24, 2.45) is 7.05 Å². The molecule has 0 spiro atoms. The third kappa shape index (κ3) is 5.14. The lowest BCUT2D eigenvalue weighted by Gasteiger charge is -2.32. The fourth-order valence-corrected chi connectivity index (χ4v) is 3.99. The highest BCUT2D eigenvalue weighted by atomic mass is 19.4. The van der Waals surface area contributed by atoms with Crippen LogP contribution in [0.1, 0.15) is 39.9 Å². The van der Waals surface area contributed by atoms with Crippen LogP contribution < -0.4 is 0 Å². The van der Waals surface area contributed by atoms with Crippen molar-refractivity contribution in [1.82, 2.24) is 19.7 Å². The lowest BCUT2D eigenvalue weighted by molar-refractivity contribution is -0.138. The van der Waals surface area contributed by atoms with Crippen LogP contribution in [0.5, 0.6) is 0 Å². The van der Waals surface area contributed by atoms with Gasteiger partial charge in [0.2, 0.25) is 0 Å². The topological polar surface area (TPSA) is 43.2 Å². The molecular formula is C23H25F3N4O. The van der Waals surface area contributed by atoms with E-state index in [9.17, 15) is 13.2 Å². The molecule has 4 rings (SSSR count). The number of morpholine rings is 1. The van der Waals surface area contributed by atoms with Crippen LogP contribution in [0, 0.1) is 6.92 Å². The molecule has 0 radical (unpaired) electrons. The van der Waals surface area contributed by atoms with E-state index in [1.165, 1.54) is 17.7 Å². The Hall–Kier alpha value is -2.71.